The standard InChI is InChI=1S/C17H16N2O2/c1-11-7-8-13(10-18)16(19-11)20-14-6-4-5-12-9-17(2,3)21-15(12)14/h4-8H,9H2,1-3H3. The Morgan fingerprint density at radius 3 is 2.86 bits per heavy atom. The van der Waals surface area contributed by atoms with Gasteiger partial charge in [-0.05, 0) is 39.0 Å². The first-order valence-electron chi connectivity index (χ1n) is 6.85. The normalized spacial score (nSPS) is 15.0. The van der Waals surface area contributed by atoms with Crippen molar-refractivity contribution in [2.45, 2.75) is 32.8 Å². The number of aromatic nitrogens is 1. The van der Waals surface area contributed by atoms with E-state index in [0.717, 1.165) is 23.4 Å². The van der Waals surface area contributed by atoms with Gasteiger partial charge in [-0.2, -0.15) is 5.26 Å². The van der Waals surface area contributed by atoms with Crippen LogP contribution in [0.25, 0.3) is 0 Å². The Kier molecular flexibility index (Phi) is 3.06. The van der Waals surface area contributed by atoms with Gasteiger partial charge in [0, 0.05) is 17.7 Å². The fourth-order valence-corrected chi connectivity index (χ4v) is 2.47. The minimum atomic E-state index is -0.236. The molecule has 0 atom stereocenters. The van der Waals surface area contributed by atoms with Gasteiger partial charge in [0.05, 0.1) is 0 Å². The van der Waals surface area contributed by atoms with Gasteiger partial charge in [-0.1, -0.05) is 12.1 Å². The summed E-state index contributed by atoms with van der Waals surface area (Å²) in [5.41, 5.74) is 2.09. The van der Waals surface area contributed by atoms with E-state index in [4.69, 9.17) is 14.7 Å². The molecule has 0 bridgehead atoms. The van der Waals surface area contributed by atoms with Crippen LogP contribution in [-0.2, 0) is 6.42 Å². The van der Waals surface area contributed by atoms with E-state index in [1.54, 1.807) is 12.1 Å². The molecule has 1 aliphatic heterocycles. The second-order valence-electron chi connectivity index (χ2n) is 5.80. The lowest BCUT2D eigenvalue weighted by Gasteiger charge is -2.18. The minimum absolute atomic E-state index is 0.236. The Balaban J connectivity index is 2.00. The van der Waals surface area contributed by atoms with Gasteiger partial charge in [0.1, 0.15) is 17.2 Å². The highest BCUT2D eigenvalue weighted by molar-refractivity contribution is 5.52. The third kappa shape index (κ3) is 2.55. The van der Waals surface area contributed by atoms with E-state index in [1.165, 1.54) is 0 Å². The van der Waals surface area contributed by atoms with E-state index in [-0.39, 0.29) is 5.60 Å². The van der Waals surface area contributed by atoms with Crippen molar-refractivity contribution < 1.29 is 9.47 Å². The van der Waals surface area contributed by atoms with Crippen molar-refractivity contribution in [3.63, 3.8) is 0 Å². The van der Waals surface area contributed by atoms with Crippen LogP contribution in [0.4, 0.5) is 0 Å². The molecular weight excluding hydrogens is 264 g/mol. The van der Waals surface area contributed by atoms with Gasteiger partial charge < -0.3 is 9.47 Å². The second kappa shape index (κ2) is 4.78. The van der Waals surface area contributed by atoms with Crippen molar-refractivity contribution in [2.24, 2.45) is 0 Å². The Labute approximate surface area is 124 Å². The zero-order valence-corrected chi connectivity index (χ0v) is 12.3. The summed E-state index contributed by atoms with van der Waals surface area (Å²) >= 11 is 0. The number of pyridine rings is 1. The van der Waals surface area contributed by atoms with E-state index < -0.39 is 0 Å². The van der Waals surface area contributed by atoms with E-state index in [0.29, 0.717) is 17.2 Å². The predicted octanol–water partition coefficient (Wildman–Crippen LogP) is 3.77. The summed E-state index contributed by atoms with van der Waals surface area (Å²) in [5, 5.41) is 9.16. The van der Waals surface area contributed by atoms with E-state index in [2.05, 4.69) is 11.1 Å². The number of aryl methyl sites for hydroxylation is 1. The van der Waals surface area contributed by atoms with E-state index >= 15 is 0 Å². The number of hydrogen-bond donors (Lipinski definition) is 0. The largest absolute Gasteiger partial charge is 0.483 e. The summed E-state index contributed by atoms with van der Waals surface area (Å²) in [6.07, 6.45) is 0.839. The summed E-state index contributed by atoms with van der Waals surface area (Å²) in [6.45, 7) is 5.95. The summed E-state index contributed by atoms with van der Waals surface area (Å²) in [5.74, 6) is 1.67. The Morgan fingerprint density at radius 2 is 2.10 bits per heavy atom. The van der Waals surface area contributed by atoms with E-state index in [1.807, 2.05) is 39.0 Å². The molecule has 2 heterocycles. The average Bonchev–Trinajstić information content (AvgIpc) is 2.74. The second-order valence-corrected chi connectivity index (χ2v) is 5.80. The molecule has 21 heavy (non-hydrogen) atoms. The van der Waals surface area contributed by atoms with Gasteiger partial charge in [-0.25, -0.2) is 4.98 Å². The molecular formula is C17H16N2O2. The van der Waals surface area contributed by atoms with Crippen LogP contribution >= 0.6 is 0 Å². The minimum Gasteiger partial charge on any atom is -0.483 e. The number of fused-ring (bicyclic) bond motifs is 1. The molecule has 1 aromatic carbocycles. The molecule has 4 nitrogen and oxygen atoms in total. The van der Waals surface area contributed by atoms with Crippen LogP contribution in [0.1, 0.15) is 30.7 Å². The number of nitriles is 1. The molecule has 0 spiro atoms. The van der Waals surface area contributed by atoms with Crippen LogP contribution in [0, 0.1) is 18.3 Å². The molecule has 0 radical (unpaired) electrons. The van der Waals surface area contributed by atoms with Crippen molar-refractivity contribution in [1.82, 2.24) is 4.98 Å². The molecule has 0 aliphatic carbocycles. The summed E-state index contributed by atoms with van der Waals surface area (Å²) < 4.78 is 11.8. The number of benzene rings is 1. The zero-order chi connectivity index (χ0) is 15.0. The molecule has 1 aromatic heterocycles. The molecule has 4 heteroatoms. The smallest absolute Gasteiger partial charge is 0.237 e. The topological polar surface area (TPSA) is 55.1 Å². The Hall–Kier alpha value is -2.54. The van der Waals surface area contributed by atoms with Gasteiger partial charge in [-0.3, -0.25) is 0 Å². The molecule has 0 unspecified atom stereocenters. The van der Waals surface area contributed by atoms with Gasteiger partial charge in [0.15, 0.2) is 11.5 Å². The number of rotatable bonds is 2. The third-order valence-corrected chi connectivity index (χ3v) is 3.38. The number of ether oxygens (including phenoxy) is 2. The van der Waals surface area contributed by atoms with Crippen LogP contribution in [0.5, 0.6) is 17.4 Å². The van der Waals surface area contributed by atoms with Crippen molar-refractivity contribution in [1.29, 1.82) is 5.26 Å². The first kappa shape index (κ1) is 13.4. The number of nitrogens with zero attached hydrogens (tertiary/aromatic N) is 2. The highest BCUT2D eigenvalue weighted by atomic mass is 16.5. The molecule has 1 aliphatic rings. The lowest BCUT2D eigenvalue weighted by atomic mass is 10.0. The van der Waals surface area contributed by atoms with Crippen LogP contribution in [0.2, 0.25) is 0 Å². The van der Waals surface area contributed by atoms with Gasteiger partial charge in [-0.15, -0.1) is 0 Å². The fourth-order valence-electron chi connectivity index (χ4n) is 2.47. The number of para-hydroxylation sites is 1. The lowest BCUT2D eigenvalue weighted by molar-refractivity contribution is 0.135. The Morgan fingerprint density at radius 1 is 1.29 bits per heavy atom. The maximum atomic E-state index is 9.16. The molecule has 2 aromatic rings. The Bertz CT molecular complexity index is 745. The molecule has 0 fully saturated rings. The summed E-state index contributed by atoms with van der Waals surface area (Å²) in [6, 6.07) is 11.4. The third-order valence-electron chi connectivity index (χ3n) is 3.38. The molecule has 0 saturated heterocycles. The zero-order valence-electron chi connectivity index (χ0n) is 12.3. The van der Waals surface area contributed by atoms with Crippen LogP contribution in [-0.4, -0.2) is 10.6 Å². The van der Waals surface area contributed by atoms with Gasteiger partial charge in [0.2, 0.25) is 5.88 Å². The van der Waals surface area contributed by atoms with Crippen molar-refractivity contribution in [3.8, 4) is 23.4 Å². The summed E-state index contributed by atoms with van der Waals surface area (Å²) in [4.78, 5) is 4.30. The van der Waals surface area contributed by atoms with Crippen molar-refractivity contribution in [3.05, 3.63) is 47.2 Å². The highest BCUT2D eigenvalue weighted by Crippen LogP contribution is 2.43. The first-order chi connectivity index (χ1) is 9.98. The monoisotopic (exact) mass is 280 g/mol. The van der Waals surface area contributed by atoms with Crippen molar-refractivity contribution >= 4 is 0 Å². The van der Waals surface area contributed by atoms with Crippen LogP contribution < -0.4 is 9.47 Å². The van der Waals surface area contributed by atoms with Gasteiger partial charge in [0.25, 0.3) is 0 Å². The predicted molar refractivity (Wildman–Crippen MR) is 78.6 cm³/mol. The summed E-state index contributed by atoms with van der Waals surface area (Å²) in [7, 11) is 0. The van der Waals surface area contributed by atoms with E-state index in [9.17, 15) is 0 Å². The maximum absolute atomic E-state index is 9.16. The number of hydrogen-bond acceptors (Lipinski definition) is 4. The van der Waals surface area contributed by atoms with Crippen molar-refractivity contribution in [2.75, 3.05) is 0 Å². The molecule has 0 amide bonds. The molecule has 3 rings (SSSR count). The van der Waals surface area contributed by atoms with Gasteiger partial charge >= 0.3 is 0 Å². The molecule has 0 N–H and O–H groups in total. The lowest BCUT2D eigenvalue weighted by Crippen LogP contribution is -2.24. The SMILES string of the molecule is Cc1ccc(C#N)c(Oc2cccc3c2OC(C)(C)C3)n1. The quantitative estimate of drug-likeness (QED) is 0.840. The van der Waals surface area contributed by atoms with Crippen LogP contribution in [0.3, 0.4) is 0 Å². The average molecular weight is 280 g/mol. The first-order valence-corrected chi connectivity index (χ1v) is 6.85. The fraction of sp³-hybridized carbons (Fsp3) is 0.294. The highest BCUT2D eigenvalue weighted by Gasteiger charge is 2.32. The van der Waals surface area contributed by atoms with Crippen LogP contribution in [0.15, 0.2) is 30.3 Å². The molecule has 0 saturated carbocycles. The molecule has 106 valence electrons. The maximum Gasteiger partial charge on any atom is 0.237 e.